The van der Waals surface area contributed by atoms with Crippen LogP contribution in [0.25, 0.3) is 0 Å². The van der Waals surface area contributed by atoms with Gasteiger partial charge < -0.3 is 10.1 Å². The molecular weight excluding hydrogens is 268 g/mol. The summed E-state index contributed by atoms with van der Waals surface area (Å²) in [5.74, 6) is 0.956. The molecule has 0 radical (unpaired) electrons. The molecular formula is C16H22N2OS. The topological polar surface area (TPSA) is 34.2 Å². The normalized spacial score (nSPS) is 12.7. The van der Waals surface area contributed by atoms with Crippen LogP contribution in [0.4, 0.5) is 0 Å². The van der Waals surface area contributed by atoms with E-state index in [0.29, 0.717) is 0 Å². The van der Waals surface area contributed by atoms with Gasteiger partial charge in [-0.3, -0.25) is 0 Å². The van der Waals surface area contributed by atoms with Crippen LogP contribution in [0.5, 0.6) is 5.75 Å². The number of aryl methyl sites for hydroxylation is 1. The van der Waals surface area contributed by atoms with E-state index in [4.69, 9.17) is 4.74 Å². The molecule has 0 saturated heterocycles. The lowest BCUT2D eigenvalue weighted by molar-refractivity contribution is 0.239. The lowest BCUT2D eigenvalue weighted by atomic mass is 10.2. The van der Waals surface area contributed by atoms with E-state index in [2.05, 4.69) is 30.2 Å². The van der Waals surface area contributed by atoms with Crippen molar-refractivity contribution in [3.63, 3.8) is 0 Å². The van der Waals surface area contributed by atoms with E-state index < -0.39 is 0 Å². The Hall–Kier alpha value is -1.39. The molecule has 1 atom stereocenters. The molecule has 0 bridgehead atoms. The van der Waals surface area contributed by atoms with Crippen molar-refractivity contribution in [2.24, 2.45) is 0 Å². The summed E-state index contributed by atoms with van der Waals surface area (Å²) in [6, 6.07) is 8.43. The van der Waals surface area contributed by atoms with Crippen LogP contribution in [0, 0.1) is 6.92 Å². The van der Waals surface area contributed by atoms with Gasteiger partial charge in [-0.2, -0.15) is 0 Å². The maximum atomic E-state index is 5.83. The van der Waals surface area contributed by atoms with Gasteiger partial charge in [0, 0.05) is 23.2 Å². The lowest BCUT2D eigenvalue weighted by Crippen LogP contribution is -2.19. The quantitative estimate of drug-likeness (QED) is 0.870. The van der Waals surface area contributed by atoms with Crippen molar-refractivity contribution in [1.82, 2.24) is 10.3 Å². The maximum Gasteiger partial charge on any atom is 0.124 e. The molecule has 0 aliphatic carbocycles. The monoisotopic (exact) mass is 290 g/mol. The minimum absolute atomic E-state index is 0.190. The summed E-state index contributed by atoms with van der Waals surface area (Å²) >= 11 is 1.74. The molecule has 0 spiro atoms. The van der Waals surface area contributed by atoms with E-state index in [-0.39, 0.29) is 12.1 Å². The highest BCUT2D eigenvalue weighted by atomic mass is 32.1. The molecule has 1 aromatic carbocycles. The maximum absolute atomic E-state index is 5.83. The van der Waals surface area contributed by atoms with E-state index in [1.165, 1.54) is 10.4 Å². The van der Waals surface area contributed by atoms with Crippen LogP contribution in [0.1, 0.15) is 42.3 Å². The molecule has 0 saturated carbocycles. The van der Waals surface area contributed by atoms with E-state index in [0.717, 1.165) is 17.3 Å². The molecule has 0 aliphatic rings. The molecule has 1 heterocycles. The molecule has 2 rings (SSSR count). The highest BCUT2D eigenvalue weighted by Gasteiger charge is 2.10. The first-order valence-electron chi connectivity index (χ1n) is 6.96. The van der Waals surface area contributed by atoms with Crippen molar-refractivity contribution < 1.29 is 4.74 Å². The van der Waals surface area contributed by atoms with Crippen molar-refractivity contribution in [1.29, 1.82) is 0 Å². The molecule has 0 amide bonds. The fourth-order valence-electron chi connectivity index (χ4n) is 1.94. The summed E-state index contributed by atoms with van der Waals surface area (Å²) in [5, 5.41) is 4.64. The molecule has 0 aliphatic heterocycles. The summed E-state index contributed by atoms with van der Waals surface area (Å²) in [7, 11) is 0. The van der Waals surface area contributed by atoms with E-state index in [1.54, 1.807) is 11.3 Å². The number of nitrogens with one attached hydrogen (secondary N) is 1. The van der Waals surface area contributed by atoms with Gasteiger partial charge in [0.2, 0.25) is 0 Å². The van der Waals surface area contributed by atoms with Crippen molar-refractivity contribution in [2.45, 2.75) is 46.4 Å². The van der Waals surface area contributed by atoms with Gasteiger partial charge in [0.15, 0.2) is 0 Å². The molecule has 1 unspecified atom stereocenters. The first kappa shape index (κ1) is 15.0. The zero-order valence-electron chi connectivity index (χ0n) is 12.5. The van der Waals surface area contributed by atoms with Gasteiger partial charge in [-0.15, -0.1) is 11.3 Å². The van der Waals surface area contributed by atoms with Crippen LogP contribution in [-0.4, -0.2) is 11.1 Å². The number of hydrogen-bond acceptors (Lipinski definition) is 4. The number of para-hydroxylation sites is 1. The van der Waals surface area contributed by atoms with Crippen LogP contribution in [-0.2, 0) is 6.54 Å². The van der Waals surface area contributed by atoms with Crippen molar-refractivity contribution >= 4 is 11.3 Å². The Morgan fingerprint density at radius 2 is 2.00 bits per heavy atom. The second-order valence-electron chi connectivity index (χ2n) is 5.19. The summed E-state index contributed by atoms with van der Waals surface area (Å²) < 4.78 is 5.83. The minimum atomic E-state index is 0.190. The Kier molecular flexibility index (Phi) is 5.15. The second kappa shape index (κ2) is 6.86. The Morgan fingerprint density at radius 3 is 2.65 bits per heavy atom. The SMILES string of the molecule is Cc1cnc(C(C)NCc2ccccc2OC(C)C)s1. The lowest BCUT2D eigenvalue weighted by Gasteiger charge is -2.16. The van der Waals surface area contributed by atoms with Crippen molar-refractivity contribution in [3.05, 3.63) is 45.9 Å². The predicted molar refractivity (Wildman–Crippen MR) is 84.3 cm³/mol. The Balaban J connectivity index is 2.00. The van der Waals surface area contributed by atoms with E-state index in [1.807, 2.05) is 38.2 Å². The van der Waals surface area contributed by atoms with Gasteiger partial charge >= 0.3 is 0 Å². The van der Waals surface area contributed by atoms with Crippen LogP contribution < -0.4 is 10.1 Å². The van der Waals surface area contributed by atoms with Crippen molar-refractivity contribution in [2.75, 3.05) is 0 Å². The number of thiazole rings is 1. The molecule has 0 fully saturated rings. The highest BCUT2D eigenvalue weighted by Crippen LogP contribution is 2.22. The number of benzene rings is 1. The number of rotatable bonds is 6. The van der Waals surface area contributed by atoms with Gasteiger partial charge in [0.25, 0.3) is 0 Å². The summed E-state index contributed by atoms with van der Waals surface area (Å²) in [6.07, 6.45) is 2.11. The molecule has 4 heteroatoms. The first-order valence-corrected chi connectivity index (χ1v) is 7.78. The summed E-state index contributed by atoms with van der Waals surface area (Å²) in [6.45, 7) is 9.10. The average Bonchev–Trinajstić information content (AvgIpc) is 2.83. The third-order valence-corrected chi connectivity index (χ3v) is 4.04. The molecule has 1 N–H and O–H groups in total. The van der Waals surface area contributed by atoms with Gasteiger partial charge in [-0.05, 0) is 33.8 Å². The van der Waals surface area contributed by atoms with Gasteiger partial charge in [-0.25, -0.2) is 4.98 Å². The average molecular weight is 290 g/mol. The third kappa shape index (κ3) is 4.05. The standard InChI is InChI=1S/C16H22N2OS/c1-11(2)19-15-8-6-5-7-14(15)10-17-13(4)16-18-9-12(3)20-16/h5-9,11,13,17H,10H2,1-4H3. The van der Waals surface area contributed by atoms with Crippen LogP contribution >= 0.6 is 11.3 Å². The summed E-state index contributed by atoms with van der Waals surface area (Å²) in [4.78, 5) is 5.67. The molecule has 108 valence electrons. The number of hydrogen-bond donors (Lipinski definition) is 1. The Morgan fingerprint density at radius 1 is 1.25 bits per heavy atom. The smallest absolute Gasteiger partial charge is 0.124 e. The number of ether oxygens (including phenoxy) is 1. The number of nitrogens with zero attached hydrogens (tertiary/aromatic N) is 1. The van der Waals surface area contributed by atoms with Crippen molar-refractivity contribution in [3.8, 4) is 5.75 Å². The predicted octanol–water partition coefficient (Wildman–Crippen LogP) is 4.09. The second-order valence-corrected chi connectivity index (χ2v) is 6.45. The highest BCUT2D eigenvalue weighted by molar-refractivity contribution is 7.11. The third-order valence-electron chi connectivity index (χ3n) is 2.94. The van der Waals surface area contributed by atoms with E-state index in [9.17, 15) is 0 Å². The molecule has 3 nitrogen and oxygen atoms in total. The molecule has 20 heavy (non-hydrogen) atoms. The van der Waals surface area contributed by atoms with E-state index >= 15 is 0 Å². The largest absolute Gasteiger partial charge is 0.491 e. The fraction of sp³-hybridized carbons (Fsp3) is 0.438. The molecule has 2 aromatic rings. The zero-order chi connectivity index (χ0) is 14.5. The van der Waals surface area contributed by atoms with Gasteiger partial charge in [0.1, 0.15) is 10.8 Å². The van der Waals surface area contributed by atoms with Crippen LogP contribution in [0.2, 0.25) is 0 Å². The van der Waals surface area contributed by atoms with Gasteiger partial charge in [-0.1, -0.05) is 18.2 Å². The Labute approximate surface area is 125 Å². The first-order chi connectivity index (χ1) is 9.56. The minimum Gasteiger partial charge on any atom is -0.491 e. The number of aromatic nitrogens is 1. The van der Waals surface area contributed by atoms with Crippen LogP contribution in [0.15, 0.2) is 30.5 Å². The molecule has 1 aromatic heterocycles. The fourth-order valence-corrected chi connectivity index (χ4v) is 2.74. The zero-order valence-corrected chi connectivity index (χ0v) is 13.3. The Bertz CT molecular complexity index is 551. The van der Waals surface area contributed by atoms with Gasteiger partial charge in [0.05, 0.1) is 12.1 Å². The van der Waals surface area contributed by atoms with Crippen LogP contribution in [0.3, 0.4) is 0 Å². The summed E-state index contributed by atoms with van der Waals surface area (Å²) in [5.41, 5.74) is 1.18.